The molecule has 16 aromatic carbocycles. The second-order valence-electron chi connectivity index (χ2n) is 22.9. The first kappa shape index (κ1) is 28.1. The largest absolute Gasteiger partial charge is 0.309 e. The van der Waals surface area contributed by atoms with Crippen molar-refractivity contribution in [2.24, 2.45) is 0 Å². The Balaban J connectivity index is 0.000000190. The Morgan fingerprint density at radius 1 is 0.176 bits per heavy atom. The van der Waals surface area contributed by atoms with E-state index in [1.165, 1.54) is 38.0 Å². The van der Waals surface area contributed by atoms with Crippen LogP contribution in [0.2, 0.25) is 0 Å². The number of rotatable bonds is 12. The summed E-state index contributed by atoms with van der Waals surface area (Å²) in [6.07, 6.45) is 0. The van der Waals surface area contributed by atoms with Crippen molar-refractivity contribution in [2.45, 2.75) is 0 Å². The highest BCUT2D eigenvalue weighted by molar-refractivity contribution is 7.20. The van der Waals surface area contributed by atoms with Crippen LogP contribution in [0.15, 0.2) is 411 Å². The van der Waals surface area contributed by atoms with Gasteiger partial charge in [-0.05, 0) is 138 Å². The molecular formula is C96H68N4Si2. The second kappa shape index (κ2) is 25.2. The molecule has 0 bridgehead atoms. The van der Waals surface area contributed by atoms with Gasteiger partial charge < -0.3 is 18.3 Å². The first-order valence-electron chi connectivity index (χ1n) is 56.1. The summed E-state index contributed by atoms with van der Waals surface area (Å²) in [4.78, 5) is 0. The number of para-hydroxylation sites is 6. The van der Waals surface area contributed by atoms with E-state index in [1.54, 1.807) is 89.5 Å². The minimum absolute atomic E-state index is 0.0790. The van der Waals surface area contributed by atoms with Gasteiger partial charge in [-0.25, -0.2) is 0 Å². The van der Waals surface area contributed by atoms with Gasteiger partial charge in [-0.1, -0.05) is 314 Å². The molecule has 480 valence electrons. The van der Waals surface area contributed by atoms with Crippen LogP contribution in [-0.4, -0.2) is 34.4 Å². The average Bonchev–Trinajstić information content (AvgIpc) is 1.01. The lowest BCUT2D eigenvalue weighted by atomic mass is 10.1. The quantitative estimate of drug-likeness (QED) is 0.0858. The highest BCUT2D eigenvalue weighted by atomic mass is 28.3. The number of fused-ring (bicyclic) bond motifs is 12. The molecule has 102 heavy (non-hydrogen) atoms. The van der Waals surface area contributed by atoms with Gasteiger partial charge in [-0.15, -0.1) is 0 Å². The Morgan fingerprint density at radius 2 is 0.422 bits per heavy atom. The summed E-state index contributed by atoms with van der Waals surface area (Å²) in [5, 5.41) is -5.97. The van der Waals surface area contributed by atoms with Crippen molar-refractivity contribution in [1.82, 2.24) is 18.3 Å². The molecule has 4 heterocycles. The van der Waals surface area contributed by atoms with E-state index in [2.05, 4.69) is 0 Å². The maximum atomic E-state index is 10.4. The Bertz CT molecular complexity index is 9140. The van der Waals surface area contributed by atoms with Crippen molar-refractivity contribution in [3.63, 3.8) is 0 Å². The van der Waals surface area contributed by atoms with Crippen molar-refractivity contribution in [1.29, 1.82) is 0 Å². The van der Waals surface area contributed by atoms with E-state index >= 15 is 0 Å². The van der Waals surface area contributed by atoms with Crippen LogP contribution in [0.1, 0.15) is 68.5 Å². The molecule has 0 fully saturated rings. The lowest BCUT2D eigenvalue weighted by Gasteiger charge is -2.34. The van der Waals surface area contributed by atoms with Gasteiger partial charge in [-0.2, -0.15) is 0 Å². The molecule has 0 atom stereocenters. The number of aromatic nitrogens is 4. The van der Waals surface area contributed by atoms with E-state index in [-0.39, 0.29) is 77.9 Å². The van der Waals surface area contributed by atoms with E-state index in [0.717, 1.165) is 0 Å². The SMILES string of the molecule is [2H]c1c([2H])c([2H])c([Si](c2c([2H])c([2H])c([2H])c([2H])c2[2H])(c2c([2H])c([2H])c([2H])c([2H])c2[2H])c2c([2H])c([2H])c([2H])c(-n3c4ccccc4c4cc(-n5c6c([2H])c([2H])c([2H])c([2H])c6c6c([2H])c([2H])c([2H])c([2H])c65)ccc43)c2[2H])c([2H])c1[2H].[2H]c1c([2H])c([2H])c([Si](c2c([2H])c([2H])c([2H])c([2H])c2[2H])(c2c([2H])c([2H])c([2H])c([2H])c2[2H])c2c([2H])c([2H])c([2H])c(-n3c4ccccc4c4cc(-n5c6ccccc6c6c([2H])c([2H])c([2H])c([2H])c65)ccc43)c2[2H])c([2H])c1[2H]. The third-order valence-electron chi connectivity index (χ3n) is 17.8. The molecule has 20 rings (SSSR count). The van der Waals surface area contributed by atoms with Crippen molar-refractivity contribution in [3.05, 3.63) is 411 Å². The number of benzene rings is 16. The fourth-order valence-electron chi connectivity index (χ4n) is 13.7. The molecule has 0 aliphatic carbocycles. The first-order valence-corrected chi connectivity index (χ1v) is 35.1. The second-order valence-corrected chi connectivity index (χ2v) is 29.9. The van der Waals surface area contributed by atoms with Gasteiger partial charge >= 0.3 is 0 Å². The van der Waals surface area contributed by atoms with Gasteiger partial charge in [0.05, 0.1) is 113 Å². The Hall–Kier alpha value is -12.8. The van der Waals surface area contributed by atoms with Crippen LogP contribution in [-0.2, 0) is 0 Å². The maximum Gasteiger partial charge on any atom is 0.179 e. The van der Waals surface area contributed by atoms with E-state index in [9.17, 15) is 27.4 Å². The summed E-state index contributed by atoms with van der Waals surface area (Å²) in [6.45, 7) is 0. The van der Waals surface area contributed by atoms with Crippen LogP contribution in [0, 0.1) is 0 Å². The lowest BCUT2D eigenvalue weighted by Crippen LogP contribution is -2.74. The van der Waals surface area contributed by atoms with Gasteiger partial charge in [0.25, 0.3) is 0 Å². The smallest absolute Gasteiger partial charge is 0.179 e. The summed E-state index contributed by atoms with van der Waals surface area (Å²) >= 11 is 0. The molecule has 20 aromatic rings. The minimum Gasteiger partial charge on any atom is -0.309 e. The average molecular weight is 1380 g/mol. The molecular weight excluding hydrogens is 1270 g/mol. The molecule has 0 saturated carbocycles. The first-order chi connectivity index (χ1) is 71.4. The topological polar surface area (TPSA) is 19.7 Å². The zero-order valence-electron chi connectivity index (χ0n) is 102. The van der Waals surface area contributed by atoms with Crippen molar-refractivity contribution in [2.75, 3.05) is 0 Å². The van der Waals surface area contributed by atoms with E-state index in [0.29, 0.717) is 32.7 Å². The zero-order chi connectivity index (χ0) is 111. The van der Waals surface area contributed by atoms with Crippen LogP contribution in [0.25, 0.3) is 110 Å². The molecule has 0 aliphatic rings. The minimum atomic E-state index is -6.20. The van der Waals surface area contributed by atoms with Crippen molar-refractivity contribution < 1.29 is 68.5 Å². The Kier molecular flexibility index (Phi) is 6.92. The van der Waals surface area contributed by atoms with E-state index < -0.39 is 359 Å². The monoisotopic (exact) mass is 1380 g/mol. The molecule has 6 heteroatoms. The fourth-order valence-corrected chi connectivity index (χ4v) is 20.8. The summed E-state index contributed by atoms with van der Waals surface area (Å²) in [6, 6.07) is -18.0. The van der Waals surface area contributed by atoms with Crippen LogP contribution in [0.5, 0.6) is 0 Å². The number of hydrogen-bond acceptors (Lipinski definition) is 0. The van der Waals surface area contributed by atoms with E-state index in [4.69, 9.17) is 41.1 Å². The molecule has 0 spiro atoms. The van der Waals surface area contributed by atoms with Gasteiger partial charge in [0, 0.05) is 65.8 Å². The van der Waals surface area contributed by atoms with Crippen molar-refractivity contribution in [3.8, 4) is 22.7 Å². The summed E-state index contributed by atoms with van der Waals surface area (Å²) < 4.78 is 461. The predicted octanol–water partition coefficient (Wildman–Crippen LogP) is 18.5. The summed E-state index contributed by atoms with van der Waals surface area (Å²) in [7, 11) is -12.3. The zero-order valence-corrected chi connectivity index (χ0v) is 54.2. The third-order valence-corrected chi connectivity index (χ3v) is 25.8. The van der Waals surface area contributed by atoms with Crippen LogP contribution in [0.4, 0.5) is 0 Å². The normalized spacial score (nSPS) is 18.8. The highest BCUT2D eigenvalue weighted by Gasteiger charge is 2.43. The molecule has 0 radical (unpaired) electrons. The van der Waals surface area contributed by atoms with Crippen LogP contribution >= 0.6 is 0 Å². The van der Waals surface area contributed by atoms with Gasteiger partial charge in [-0.3, -0.25) is 0 Å². The molecule has 0 aliphatic heterocycles. The summed E-state index contributed by atoms with van der Waals surface area (Å²) in [5.74, 6) is 0. The Morgan fingerprint density at radius 3 is 0.755 bits per heavy atom. The molecule has 0 amide bonds. The standard InChI is InChI=1S/2C48H34N2Si/c2*1-4-18-37(19-5-1)51(38-20-6-2-7-21-38,39-22-8-3-9-23-39)40-24-16-17-35(33-40)49-47-30-15-12-27-43(47)44-34-36(31-32-48(44)49)50-45-28-13-10-25-41(45)42-26-11-14-29-46(42)50/h2*1-34H/i1D,2D,3D,4D,5D,6D,7D,8D,9D,10D,11D,13D,14D,16D,17D,18D,19D,20D,21D,22D,23D,24D,25D,26D,28D,29D,33D;1D,2D,3D,4D,5D,6D,7D,8D,9D,10D,13D,16D,17D,18D,19D,20D,21D,22D,23D,24D,25D,28D,33D. The van der Waals surface area contributed by atoms with Crippen molar-refractivity contribution >= 4 is 145 Å². The predicted molar refractivity (Wildman–Crippen MR) is 437 cm³/mol. The number of hydrogen-bond donors (Lipinski definition) is 0. The van der Waals surface area contributed by atoms with Gasteiger partial charge in [0.1, 0.15) is 0 Å². The number of nitrogens with zero attached hydrogens (tertiary/aromatic N) is 4. The molecule has 0 saturated heterocycles. The van der Waals surface area contributed by atoms with Gasteiger partial charge in [0.2, 0.25) is 0 Å². The molecule has 4 aromatic heterocycles. The molecule has 4 nitrogen and oxygen atoms in total. The summed E-state index contributed by atoms with van der Waals surface area (Å²) in [5.41, 5.74) is 0.338. The molecule has 0 unspecified atom stereocenters. The maximum absolute atomic E-state index is 10.4. The van der Waals surface area contributed by atoms with Gasteiger partial charge in [0.15, 0.2) is 16.1 Å². The lowest BCUT2D eigenvalue weighted by molar-refractivity contribution is 1.17. The van der Waals surface area contributed by atoms with E-state index in [1.807, 2.05) is 0 Å². The third kappa shape index (κ3) is 9.63. The highest BCUT2D eigenvalue weighted by Crippen LogP contribution is 2.39. The molecule has 0 N–H and O–H groups in total. The van der Waals surface area contributed by atoms with Crippen LogP contribution in [0.3, 0.4) is 0 Å². The Labute approximate surface area is 664 Å². The fraction of sp³-hybridized carbons (Fsp3) is 0. The van der Waals surface area contributed by atoms with Crippen LogP contribution < -0.4 is 41.5 Å².